The van der Waals surface area contributed by atoms with Gasteiger partial charge in [0.05, 0.1) is 13.0 Å². The molecule has 26 heavy (non-hydrogen) atoms. The van der Waals surface area contributed by atoms with Crippen LogP contribution < -0.4 is 9.47 Å². The van der Waals surface area contributed by atoms with Crippen LogP contribution in [0.1, 0.15) is 25.7 Å². The van der Waals surface area contributed by atoms with E-state index in [4.69, 9.17) is 9.47 Å². The molecular weight excluding hydrogens is 353 g/mol. The van der Waals surface area contributed by atoms with Gasteiger partial charge in [0, 0.05) is 5.71 Å². The van der Waals surface area contributed by atoms with Gasteiger partial charge in [0.25, 0.3) is 11.6 Å². The van der Waals surface area contributed by atoms with Crippen LogP contribution in [0, 0.1) is 5.92 Å². The highest BCUT2D eigenvalue weighted by molar-refractivity contribution is 5.93. The van der Waals surface area contributed by atoms with Crippen LogP contribution in [0.5, 0.6) is 11.5 Å². The number of benzene rings is 1. The number of methoxy groups -OCH3 is 1. The quantitative estimate of drug-likeness (QED) is 0.882. The number of halogens is 3. The molecule has 1 N–H and O–H groups in total. The van der Waals surface area contributed by atoms with E-state index in [1.807, 2.05) is 0 Å². The molecule has 0 aromatic heterocycles. The third kappa shape index (κ3) is 3.00. The summed E-state index contributed by atoms with van der Waals surface area (Å²) in [6.07, 6.45) is -3.34. The van der Waals surface area contributed by atoms with Crippen molar-refractivity contribution in [3.8, 4) is 11.5 Å². The number of carbonyl (C=O) groups excluding carboxylic acids is 1. The van der Waals surface area contributed by atoms with E-state index < -0.39 is 30.3 Å². The first-order valence-corrected chi connectivity index (χ1v) is 8.24. The zero-order valence-electron chi connectivity index (χ0n) is 14.1. The molecule has 1 aliphatic carbocycles. The van der Waals surface area contributed by atoms with Gasteiger partial charge in [-0.15, -0.1) is 0 Å². The lowest BCUT2D eigenvalue weighted by Gasteiger charge is -2.38. The highest BCUT2D eigenvalue weighted by Crippen LogP contribution is 2.48. The average Bonchev–Trinajstić information content (AvgIpc) is 2.94. The van der Waals surface area contributed by atoms with Crippen LogP contribution in [0.15, 0.2) is 29.4 Å². The van der Waals surface area contributed by atoms with Crippen molar-refractivity contribution < 1.29 is 32.5 Å². The molecule has 1 amide bonds. The minimum atomic E-state index is -5.03. The standard InChI is InChI=1S/C17H19F3N2O4/c1-25-13-8-4-5-9-14(13)26-10-15(23)22-16(24,17(18,19)20)11-6-2-3-7-12(11)21-22/h4-5,8-9,11,24H,2-3,6-7,10H2,1H3/t11-,16-/m0/s1. The first kappa shape index (κ1) is 18.5. The van der Waals surface area contributed by atoms with Crippen LogP contribution in [-0.2, 0) is 4.79 Å². The maximum atomic E-state index is 13.6. The maximum Gasteiger partial charge on any atom is 0.439 e. The first-order valence-electron chi connectivity index (χ1n) is 8.24. The largest absolute Gasteiger partial charge is 0.493 e. The van der Waals surface area contributed by atoms with Gasteiger partial charge in [0.2, 0.25) is 0 Å². The van der Waals surface area contributed by atoms with Crippen molar-refractivity contribution in [2.75, 3.05) is 13.7 Å². The van der Waals surface area contributed by atoms with Gasteiger partial charge in [-0.3, -0.25) is 4.79 Å². The van der Waals surface area contributed by atoms with E-state index in [-0.39, 0.29) is 22.9 Å². The van der Waals surface area contributed by atoms with Gasteiger partial charge in [-0.05, 0) is 31.4 Å². The molecule has 1 aliphatic heterocycles. The highest BCUT2D eigenvalue weighted by Gasteiger charge is 2.68. The van der Waals surface area contributed by atoms with Gasteiger partial charge >= 0.3 is 6.18 Å². The summed E-state index contributed by atoms with van der Waals surface area (Å²) in [5.41, 5.74) is -3.12. The third-order valence-corrected chi connectivity index (χ3v) is 4.69. The van der Waals surface area contributed by atoms with Crippen molar-refractivity contribution in [2.45, 2.75) is 37.6 Å². The highest BCUT2D eigenvalue weighted by atomic mass is 19.4. The summed E-state index contributed by atoms with van der Waals surface area (Å²) in [6, 6.07) is 6.44. The smallest absolute Gasteiger partial charge is 0.439 e. The van der Waals surface area contributed by atoms with Gasteiger partial charge in [0.1, 0.15) is 0 Å². The van der Waals surface area contributed by atoms with E-state index in [9.17, 15) is 23.1 Å². The lowest BCUT2D eigenvalue weighted by Crippen LogP contribution is -2.62. The zero-order chi connectivity index (χ0) is 18.9. The summed E-state index contributed by atoms with van der Waals surface area (Å²) < 4.78 is 51.3. The first-order chi connectivity index (χ1) is 12.3. The molecule has 0 radical (unpaired) electrons. The van der Waals surface area contributed by atoms with Crippen molar-refractivity contribution in [3.05, 3.63) is 24.3 Å². The van der Waals surface area contributed by atoms with E-state index >= 15 is 0 Å². The number of fused-ring (bicyclic) bond motifs is 1. The van der Waals surface area contributed by atoms with Crippen molar-refractivity contribution in [1.29, 1.82) is 0 Å². The van der Waals surface area contributed by atoms with E-state index in [1.165, 1.54) is 13.2 Å². The number of aliphatic hydroxyl groups is 1. The predicted octanol–water partition coefficient (Wildman–Crippen LogP) is 2.71. The molecule has 0 saturated heterocycles. The second-order valence-corrected chi connectivity index (χ2v) is 6.26. The fourth-order valence-corrected chi connectivity index (χ4v) is 3.40. The molecule has 2 atom stereocenters. The van der Waals surface area contributed by atoms with Crippen molar-refractivity contribution in [2.24, 2.45) is 11.0 Å². The fourth-order valence-electron chi connectivity index (χ4n) is 3.40. The fraction of sp³-hybridized carbons (Fsp3) is 0.529. The van der Waals surface area contributed by atoms with Crippen LogP contribution in [0.3, 0.4) is 0 Å². The Morgan fingerprint density at radius 1 is 1.35 bits per heavy atom. The molecule has 1 saturated carbocycles. The molecule has 9 heteroatoms. The molecule has 2 aliphatic rings. The molecule has 1 aromatic rings. The summed E-state index contributed by atoms with van der Waals surface area (Å²) in [6.45, 7) is -0.706. The minimum absolute atomic E-state index is 0.131. The summed E-state index contributed by atoms with van der Waals surface area (Å²) in [4.78, 5) is 12.4. The lowest BCUT2D eigenvalue weighted by atomic mass is 9.80. The molecule has 6 nitrogen and oxygen atoms in total. The molecule has 0 unspecified atom stereocenters. The van der Waals surface area contributed by atoms with Crippen LogP contribution in [-0.4, -0.2) is 47.4 Å². The number of hydrogen-bond donors (Lipinski definition) is 1. The van der Waals surface area contributed by atoms with Crippen molar-refractivity contribution >= 4 is 11.6 Å². The number of ether oxygens (including phenoxy) is 2. The summed E-state index contributed by atoms with van der Waals surface area (Å²) in [5, 5.41) is 14.4. The van der Waals surface area contributed by atoms with Crippen LogP contribution in [0.2, 0.25) is 0 Å². The number of alkyl halides is 3. The van der Waals surface area contributed by atoms with Gasteiger partial charge in [0.15, 0.2) is 18.1 Å². The van der Waals surface area contributed by atoms with E-state index in [1.54, 1.807) is 18.2 Å². The molecule has 3 rings (SSSR count). The Kier molecular flexibility index (Phi) is 4.83. The second-order valence-electron chi connectivity index (χ2n) is 6.26. The number of amides is 1. The number of nitrogens with zero attached hydrogens (tertiary/aromatic N) is 2. The summed E-state index contributed by atoms with van der Waals surface area (Å²) >= 11 is 0. The Morgan fingerprint density at radius 2 is 2.04 bits per heavy atom. The molecule has 1 heterocycles. The summed E-state index contributed by atoms with van der Waals surface area (Å²) in [7, 11) is 1.41. The van der Waals surface area contributed by atoms with Gasteiger partial charge in [-0.25, -0.2) is 0 Å². The SMILES string of the molecule is COc1ccccc1OCC(=O)N1N=C2CCCC[C@@H]2[C@]1(O)C(F)(F)F. The predicted molar refractivity (Wildman–Crippen MR) is 85.7 cm³/mol. The molecule has 1 aromatic carbocycles. The third-order valence-electron chi connectivity index (χ3n) is 4.69. The van der Waals surface area contributed by atoms with E-state index in [0.29, 0.717) is 25.0 Å². The molecule has 0 spiro atoms. The monoisotopic (exact) mass is 372 g/mol. The van der Waals surface area contributed by atoms with E-state index in [2.05, 4.69) is 5.10 Å². The Morgan fingerprint density at radius 3 is 2.69 bits per heavy atom. The van der Waals surface area contributed by atoms with Crippen LogP contribution in [0.25, 0.3) is 0 Å². The Hall–Kier alpha value is -2.29. The normalized spacial score (nSPS) is 25.5. The van der Waals surface area contributed by atoms with Crippen LogP contribution >= 0.6 is 0 Å². The maximum absolute atomic E-state index is 13.6. The van der Waals surface area contributed by atoms with Gasteiger partial charge in [-0.2, -0.15) is 23.3 Å². The van der Waals surface area contributed by atoms with Crippen LogP contribution in [0.4, 0.5) is 13.2 Å². The zero-order valence-corrected chi connectivity index (χ0v) is 14.1. The molecular formula is C17H19F3N2O4. The van der Waals surface area contributed by atoms with Crippen molar-refractivity contribution in [1.82, 2.24) is 5.01 Å². The van der Waals surface area contributed by atoms with E-state index in [0.717, 1.165) is 0 Å². The molecule has 142 valence electrons. The number of hydrazone groups is 1. The Bertz CT molecular complexity index is 722. The van der Waals surface area contributed by atoms with Crippen molar-refractivity contribution in [3.63, 3.8) is 0 Å². The van der Waals surface area contributed by atoms with Gasteiger partial charge in [-0.1, -0.05) is 18.6 Å². The minimum Gasteiger partial charge on any atom is -0.493 e. The molecule has 0 bridgehead atoms. The lowest BCUT2D eigenvalue weighted by molar-refractivity contribution is -0.317. The Balaban J connectivity index is 1.81. The summed E-state index contributed by atoms with van der Waals surface area (Å²) in [5.74, 6) is -1.75. The topological polar surface area (TPSA) is 71.4 Å². The number of carbonyl (C=O) groups is 1. The number of rotatable bonds is 4. The number of hydrogen-bond acceptors (Lipinski definition) is 5. The van der Waals surface area contributed by atoms with Gasteiger partial charge < -0.3 is 14.6 Å². The second kappa shape index (κ2) is 6.79. The number of para-hydroxylation sites is 2. The average molecular weight is 372 g/mol. The molecule has 1 fully saturated rings. The Labute approximate surface area is 148 Å².